The van der Waals surface area contributed by atoms with Crippen molar-refractivity contribution in [3.63, 3.8) is 0 Å². The Morgan fingerprint density at radius 1 is 1.36 bits per heavy atom. The molecular formula is C19H29N3O3. The molecule has 0 saturated carbocycles. The predicted molar refractivity (Wildman–Crippen MR) is 98.4 cm³/mol. The highest BCUT2D eigenvalue weighted by Crippen LogP contribution is 2.17. The van der Waals surface area contributed by atoms with Gasteiger partial charge in [0.25, 0.3) is 0 Å². The summed E-state index contributed by atoms with van der Waals surface area (Å²) in [5, 5.41) is 12.2. The predicted octanol–water partition coefficient (Wildman–Crippen LogP) is 1.40. The summed E-state index contributed by atoms with van der Waals surface area (Å²) in [6, 6.07) is 5.89. The van der Waals surface area contributed by atoms with Gasteiger partial charge >= 0.3 is 0 Å². The molecule has 2 amide bonds. The molecular weight excluding hydrogens is 318 g/mol. The van der Waals surface area contributed by atoms with Crippen molar-refractivity contribution in [1.82, 2.24) is 9.80 Å². The van der Waals surface area contributed by atoms with Crippen molar-refractivity contribution in [3.05, 3.63) is 29.3 Å². The second kappa shape index (κ2) is 8.97. The Balaban J connectivity index is 1.83. The molecule has 0 aliphatic carbocycles. The molecule has 1 atom stereocenters. The number of hydrogen-bond acceptors (Lipinski definition) is 4. The van der Waals surface area contributed by atoms with Gasteiger partial charge in [0.1, 0.15) is 0 Å². The molecule has 1 aliphatic heterocycles. The van der Waals surface area contributed by atoms with E-state index in [1.807, 2.05) is 32.0 Å². The first-order chi connectivity index (χ1) is 11.9. The molecule has 1 aromatic carbocycles. The van der Waals surface area contributed by atoms with Gasteiger partial charge in [-0.1, -0.05) is 12.1 Å². The Kier molecular flexibility index (Phi) is 6.96. The van der Waals surface area contributed by atoms with Crippen LogP contribution >= 0.6 is 0 Å². The zero-order chi connectivity index (χ0) is 18.4. The van der Waals surface area contributed by atoms with E-state index in [2.05, 4.69) is 10.2 Å². The van der Waals surface area contributed by atoms with Crippen molar-refractivity contribution in [2.45, 2.75) is 26.7 Å². The molecule has 0 aromatic heterocycles. The molecule has 2 rings (SSSR count). The third-order valence-corrected chi connectivity index (χ3v) is 4.69. The summed E-state index contributed by atoms with van der Waals surface area (Å²) in [4.78, 5) is 28.1. The molecule has 1 heterocycles. The number of piperidine rings is 1. The molecule has 2 N–H and O–H groups in total. The smallest absolute Gasteiger partial charge is 0.243 e. The standard InChI is InChI=1S/C19H29N3O3/c1-14-6-7-15(2)17(9-14)20-18(24)11-21(3)19(25)12-22-8-4-5-16(10-22)13-23/h6-7,9,16,23H,4-5,8,10-13H2,1-3H3,(H,20,24)/t16-/m0/s1. The highest BCUT2D eigenvalue weighted by molar-refractivity contribution is 5.95. The van der Waals surface area contributed by atoms with Gasteiger partial charge in [-0.3, -0.25) is 14.5 Å². The number of amides is 2. The quantitative estimate of drug-likeness (QED) is 0.816. The van der Waals surface area contributed by atoms with Crippen LogP contribution in [0.4, 0.5) is 5.69 Å². The molecule has 6 nitrogen and oxygen atoms in total. The Morgan fingerprint density at radius 3 is 2.84 bits per heavy atom. The lowest BCUT2D eigenvalue weighted by Gasteiger charge is -2.32. The lowest BCUT2D eigenvalue weighted by Crippen LogP contribution is -2.45. The van der Waals surface area contributed by atoms with E-state index in [9.17, 15) is 14.7 Å². The molecule has 6 heteroatoms. The lowest BCUT2D eigenvalue weighted by atomic mass is 9.99. The fraction of sp³-hybridized carbons (Fsp3) is 0.579. The van der Waals surface area contributed by atoms with Crippen LogP contribution in [-0.2, 0) is 9.59 Å². The summed E-state index contributed by atoms with van der Waals surface area (Å²) < 4.78 is 0. The molecule has 0 spiro atoms. The summed E-state index contributed by atoms with van der Waals surface area (Å²) in [5.74, 6) is -0.0226. The summed E-state index contributed by atoms with van der Waals surface area (Å²) in [7, 11) is 1.65. The van der Waals surface area contributed by atoms with Crippen LogP contribution in [0.5, 0.6) is 0 Å². The number of carbonyl (C=O) groups is 2. The number of nitrogens with zero attached hydrogens (tertiary/aromatic N) is 2. The van der Waals surface area contributed by atoms with E-state index in [0.29, 0.717) is 6.54 Å². The van der Waals surface area contributed by atoms with Crippen LogP contribution in [0, 0.1) is 19.8 Å². The van der Waals surface area contributed by atoms with Crippen molar-refractivity contribution < 1.29 is 14.7 Å². The van der Waals surface area contributed by atoms with Crippen molar-refractivity contribution in [3.8, 4) is 0 Å². The molecule has 1 fully saturated rings. The summed E-state index contributed by atoms with van der Waals surface area (Å²) >= 11 is 0. The number of aliphatic hydroxyl groups excluding tert-OH is 1. The van der Waals surface area contributed by atoms with Gasteiger partial charge in [0.2, 0.25) is 11.8 Å². The Bertz CT molecular complexity index is 618. The van der Waals surface area contributed by atoms with Gasteiger partial charge in [0.05, 0.1) is 13.1 Å². The Morgan fingerprint density at radius 2 is 2.12 bits per heavy atom. The third-order valence-electron chi connectivity index (χ3n) is 4.69. The second-order valence-corrected chi connectivity index (χ2v) is 7.04. The minimum Gasteiger partial charge on any atom is -0.396 e. The maximum atomic E-state index is 12.4. The Labute approximate surface area is 149 Å². The minimum atomic E-state index is -0.198. The fourth-order valence-corrected chi connectivity index (χ4v) is 3.12. The van der Waals surface area contributed by atoms with E-state index in [4.69, 9.17) is 0 Å². The number of aryl methyl sites for hydroxylation is 2. The van der Waals surface area contributed by atoms with Crippen LogP contribution in [-0.4, -0.2) is 66.6 Å². The van der Waals surface area contributed by atoms with E-state index in [-0.39, 0.29) is 30.9 Å². The van der Waals surface area contributed by atoms with Crippen LogP contribution in [0.1, 0.15) is 24.0 Å². The van der Waals surface area contributed by atoms with Gasteiger partial charge in [-0.2, -0.15) is 0 Å². The fourth-order valence-electron chi connectivity index (χ4n) is 3.12. The summed E-state index contributed by atoms with van der Waals surface area (Å²) in [6.07, 6.45) is 2.00. The molecule has 1 aliphatic rings. The summed E-state index contributed by atoms with van der Waals surface area (Å²) in [5.41, 5.74) is 2.86. The number of benzene rings is 1. The van der Waals surface area contributed by atoms with Gasteiger partial charge in [0.15, 0.2) is 0 Å². The molecule has 0 radical (unpaired) electrons. The number of hydrogen-bond donors (Lipinski definition) is 2. The average Bonchev–Trinajstić information content (AvgIpc) is 2.58. The van der Waals surface area contributed by atoms with Crippen molar-refractivity contribution in [1.29, 1.82) is 0 Å². The van der Waals surface area contributed by atoms with Gasteiger partial charge < -0.3 is 15.3 Å². The van der Waals surface area contributed by atoms with E-state index in [1.54, 1.807) is 7.05 Å². The normalized spacial score (nSPS) is 18.0. The molecule has 1 saturated heterocycles. The molecule has 1 aromatic rings. The van der Waals surface area contributed by atoms with Gasteiger partial charge in [-0.25, -0.2) is 0 Å². The maximum absolute atomic E-state index is 12.4. The van der Waals surface area contributed by atoms with Gasteiger partial charge in [-0.05, 0) is 56.3 Å². The molecule has 25 heavy (non-hydrogen) atoms. The highest BCUT2D eigenvalue weighted by atomic mass is 16.3. The van der Waals surface area contributed by atoms with Crippen molar-refractivity contribution in [2.24, 2.45) is 5.92 Å². The van der Waals surface area contributed by atoms with Crippen LogP contribution in [0.2, 0.25) is 0 Å². The second-order valence-electron chi connectivity index (χ2n) is 7.04. The number of rotatable bonds is 6. The van der Waals surface area contributed by atoms with Crippen LogP contribution in [0.15, 0.2) is 18.2 Å². The van der Waals surface area contributed by atoms with Gasteiger partial charge in [-0.15, -0.1) is 0 Å². The third kappa shape index (κ3) is 5.83. The van der Waals surface area contributed by atoms with Crippen LogP contribution < -0.4 is 5.32 Å². The number of likely N-dealkylation sites (tertiary alicyclic amines) is 1. The summed E-state index contributed by atoms with van der Waals surface area (Å²) in [6.45, 7) is 6.02. The van der Waals surface area contributed by atoms with E-state index in [0.717, 1.165) is 42.7 Å². The minimum absolute atomic E-state index is 0.0312. The Hall–Kier alpha value is -1.92. The number of nitrogens with one attached hydrogen (secondary N) is 1. The van der Waals surface area contributed by atoms with Gasteiger partial charge in [0, 0.05) is 25.9 Å². The first-order valence-corrected chi connectivity index (χ1v) is 8.83. The molecule has 0 bridgehead atoms. The number of anilines is 1. The number of carbonyl (C=O) groups excluding carboxylic acids is 2. The lowest BCUT2D eigenvalue weighted by molar-refractivity contribution is -0.134. The topological polar surface area (TPSA) is 72.9 Å². The first-order valence-electron chi connectivity index (χ1n) is 8.83. The molecule has 138 valence electrons. The van der Waals surface area contributed by atoms with E-state index < -0.39 is 0 Å². The number of likely N-dealkylation sites (N-methyl/N-ethyl adjacent to an activating group) is 1. The zero-order valence-corrected chi connectivity index (χ0v) is 15.4. The largest absolute Gasteiger partial charge is 0.396 e. The van der Waals surface area contributed by atoms with Crippen LogP contribution in [0.3, 0.4) is 0 Å². The van der Waals surface area contributed by atoms with E-state index in [1.165, 1.54) is 4.90 Å². The zero-order valence-electron chi connectivity index (χ0n) is 15.4. The van der Waals surface area contributed by atoms with Crippen LogP contribution in [0.25, 0.3) is 0 Å². The number of aliphatic hydroxyl groups is 1. The van der Waals surface area contributed by atoms with Crippen molar-refractivity contribution in [2.75, 3.05) is 45.2 Å². The average molecular weight is 347 g/mol. The molecule has 0 unspecified atom stereocenters. The SMILES string of the molecule is Cc1ccc(C)c(NC(=O)CN(C)C(=O)CN2CCC[C@H](CO)C2)c1. The maximum Gasteiger partial charge on any atom is 0.243 e. The monoisotopic (exact) mass is 347 g/mol. The van der Waals surface area contributed by atoms with Crippen molar-refractivity contribution >= 4 is 17.5 Å². The first kappa shape index (κ1) is 19.4. The van der Waals surface area contributed by atoms with E-state index >= 15 is 0 Å². The highest BCUT2D eigenvalue weighted by Gasteiger charge is 2.23.